The van der Waals surface area contributed by atoms with Gasteiger partial charge in [0.05, 0.1) is 0 Å². The van der Waals surface area contributed by atoms with E-state index in [1.165, 1.54) is 27.8 Å². The van der Waals surface area contributed by atoms with Crippen LogP contribution in [-0.4, -0.2) is 12.6 Å². The highest BCUT2D eigenvalue weighted by atomic mass is 14.9. The molecule has 2 nitrogen and oxygen atoms in total. The Morgan fingerprint density at radius 2 is 1.57 bits per heavy atom. The van der Waals surface area contributed by atoms with Crippen molar-refractivity contribution in [1.82, 2.24) is 10.6 Å². The standard InChI is InChI=1S/C16H17N.C10H15N/c1-2-6-13(7-3-1)10-16-11-14-8-4-5-9-15(14)12-17-16;1-3-11-8-10-6-4-5-9(2)7-10/h1-9,16-17H,10-12H2;4-7,11H,3,8H2,1-2H3. The molecule has 146 valence electrons. The van der Waals surface area contributed by atoms with Crippen molar-refractivity contribution in [3.05, 3.63) is 107 Å². The van der Waals surface area contributed by atoms with Crippen LogP contribution in [0.1, 0.15) is 34.7 Å². The minimum absolute atomic E-state index is 0.576. The van der Waals surface area contributed by atoms with E-state index in [9.17, 15) is 0 Å². The third-order valence-corrected chi connectivity index (χ3v) is 5.15. The second kappa shape index (κ2) is 10.8. The van der Waals surface area contributed by atoms with Crippen LogP contribution in [0, 0.1) is 6.92 Å². The van der Waals surface area contributed by atoms with Gasteiger partial charge in [-0.2, -0.15) is 0 Å². The van der Waals surface area contributed by atoms with Crippen molar-refractivity contribution in [3.63, 3.8) is 0 Å². The van der Waals surface area contributed by atoms with Crippen molar-refractivity contribution in [3.8, 4) is 0 Å². The lowest BCUT2D eigenvalue weighted by atomic mass is 9.92. The first kappa shape index (κ1) is 20.3. The van der Waals surface area contributed by atoms with Gasteiger partial charge in [-0.3, -0.25) is 0 Å². The minimum Gasteiger partial charge on any atom is -0.313 e. The van der Waals surface area contributed by atoms with E-state index in [1.54, 1.807) is 0 Å². The summed E-state index contributed by atoms with van der Waals surface area (Å²) in [5.74, 6) is 0. The van der Waals surface area contributed by atoms with Crippen LogP contribution in [0.15, 0.2) is 78.9 Å². The van der Waals surface area contributed by atoms with Crippen molar-refractivity contribution in [2.45, 2.75) is 45.8 Å². The van der Waals surface area contributed by atoms with Crippen molar-refractivity contribution in [2.24, 2.45) is 0 Å². The summed E-state index contributed by atoms with van der Waals surface area (Å²) >= 11 is 0. The molecule has 1 aliphatic rings. The molecule has 4 rings (SSSR count). The van der Waals surface area contributed by atoms with Gasteiger partial charge in [0.25, 0.3) is 0 Å². The van der Waals surface area contributed by atoms with Crippen LogP contribution in [0.25, 0.3) is 0 Å². The fraction of sp³-hybridized carbons (Fsp3) is 0.308. The number of fused-ring (bicyclic) bond motifs is 1. The predicted molar refractivity (Wildman–Crippen MR) is 119 cm³/mol. The monoisotopic (exact) mass is 372 g/mol. The average molecular weight is 373 g/mol. The Morgan fingerprint density at radius 1 is 0.857 bits per heavy atom. The van der Waals surface area contributed by atoms with Crippen molar-refractivity contribution >= 4 is 0 Å². The molecule has 0 aromatic heterocycles. The van der Waals surface area contributed by atoms with Crippen LogP contribution in [0.4, 0.5) is 0 Å². The maximum Gasteiger partial charge on any atom is 0.0211 e. The van der Waals surface area contributed by atoms with Crippen molar-refractivity contribution in [2.75, 3.05) is 6.54 Å². The van der Waals surface area contributed by atoms with Gasteiger partial charge >= 0.3 is 0 Å². The Balaban J connectivity index is 0.000000178. The summed E-state index contributed by atoms with van der Waals surface area (Å²) < 4.78 is 0. The van der Waals surface area contributed by atoms with Gasteiger partial charge in [0.2, 0.25) is 0 Å². The molecule has 0 saturated heterocycles. The van der Waals surface area contributed by atoms with Gasteiger partial charge < -0.3 is 10.6 Å². The van der Waals surface area contributed by atoms with E-state index in [4.69, 9.17) is 0 Å². The molecular weight excluding hydrogens is 340 g/mol. The van der Waals surface area contributed by atoms with Crippen molar-refractivity contribution in [1.29, 1.82) is 0 Å². The summed E-state index contributed by atoms with van der Waals surface area (Å²) in [6.45, 7) is 7.27. The third-order valence-electron chi connectivity index (χ3n) is 5.15. The zero-order valence-corrected chi connectivity index (χ0v) is 17.1. The van der Waals surface area contributed by atoms with Crippen LogP contribution in [0.2, 0.25) is 0 Å². The quantitative estimate of drug-likeness (QED) is 0.655. The molecule has 2 N–H and O–H groups in total. The zero-order valence-electron chi connectivity index (χ0n) is 17.1. The molecule has 3 aromatic carbocycles. The molecule has 28 heavy (non-hydrogen) atoms. The lowest BCUT2D eigenvalue weighted by Crippen LogP contribution is -2.37. The Hall–Kier alpha value is -2.42. The van der Waals surface area contributed by atoms with E-state index >= 15 is 0 Å². The lowest BCUT2D eigenvalue weighted by Gasteiger charge is -2.26. The highest BCUT2D eigenvalue weighted by Gasteiger charge is 2.17. The van der Waals surface area contributed by atoms with Crippen LogP contribution in [-0.2, 0) is 25.9 Å². The molecule has 2 heteroatoms. The first-order valence-electron chi connectivity index (χ1n) is 10.3. The summed E-state index contributed by atoms with van der Waals surface area (Å²) in [6.07, 6.45) is 2.26. The van der Waals surface area contributed by atoms with Gasteiger partial charge in [0, 0.05) is 19.1 Å². The fourth-order valence-corrected chi connectivity index (χ4v) is 3.66. The molecular formula is C26H32N2. The number of hydrogen-bond donors (Lipinski definition) is 2. The number of benzene rings is 3. The predicted octanol–water partition coefficient (Wildman–Crippen LogP) is 5.05. The van der Waals surface area contributed by atoms with Gasteiger partial charge in [0.15, 0.2) is 0 Å². The van der Waals surface area contributed by atoms with Crippen molar-refractivity contribution < 1.29 is 0 Å². The second-order valence-corrected chi connectivity index (χ2v) is 7.51. The number of hydrogen-bond acceptors (Lipinski definition) is 2. The Bertz CT molecular complexity index is 842. The molecule has 1 atom stereocenters. The number of aryl methyl sites for hydroxylation is 1. The molecule has 0 spiro atoms. The van der Waals surface area contributed by atoms with E-state index in [-0.39, 0.29) is 0 Å². The normalized spacial score (nSPS) is 15.3. The summed E-state index contributed by atoms with van der Waals surface area (Å²) in [5, 5.41) is 6.92. The van der Waals surface area contributed by atoms with Gasteiger partial charge in [-0.1, -0.05) is 91.3 Å². The molecule has 1 aliphatic heterocycles. The van der Waals surface area contributed by atoms with Gasteiger partial charge in [-0.05, 0) is 48.6 Å². The topological polar surface area (TPSA) is 24.1 Å². The summed E-state index contributed by atoms with van der Waals surface area (Å²) in [5.41, 5.74) is 7.08. The van der Waals surface area contributed by atoms with Gasteiger partial charge in [-0.25, -0.2) is 0 Å². The maximum absolute atomic E-state index is 3.62. The summed E-state index contributed by atoms with van der Waals surface area (Å²) in [4.78, 5) is 0. The molecule has 0 saturated carbocycles. The molecule has 0 aliphatic carbocycles. The van der Waals surface area contributed by atoms with Crippen LogP contribution < -0.4 is 10.6 Å². The van der Waals surface area contributed by atoms with E-state index in [2.05, 4.69) is 103 Å². The first-order valence-corrected chi connectivity index (χ1v) is 10.3. The maximum atomic E-state index is 3.62. The molecule has 0 amide bonds. The first-order chi connectivity index (χ1) is 13.7. The number of nitrogens with one attached hydrogen (secondary N) is 2. The summed E-state index contributed by atoms with van der Waals surface area (Å²) in [6, 6.07) is 28.6. The summed E-state index contributed by atoms with van der Waals surface area (Å²) in [7, 11) is 0. The molecule has 0 bridgehead atoms. The molecule has 0 radical (unpaired) electrons. The Morgan fingerprint density at radius 3 is 2.32 bits per heavy atom. The van der Waals surface area contributed by atoms with E-state index < -0.39 is 0 Å². The average Bonchev–Trinajstić information content (AvgIpc) is 2.73. The van der Waals surface area contributed by atoms with E-state index in [1.807, 2.05) is 0 Å². The molecule has 0 fully saturated rings. The van der Waals surface area contributed by atoms with E-state index in [0.717, 1.165) is 32.5 Å². The highest BCUT2D eigenvalue weighted by molar-refractivity contribution is 5.30. The third kappa shape index (κ3) is 6.33. The molecule has 3 aromatic rings. The Labute approximate surface area is 170 Å². The van der Waals surface area contributed by atoms with Crippen LogP contribution >= 0.6 is 0 Å². The lowest BCUT2D eigenvalue weighted by molar-refractivity contribution is 0.477. The zero-order chi connectivity index (χ0) is 19.6. The largest absolute Gasteiger partial charge is 0.313 e. The van der Waals surface area contributed by atoms with Gasteiger partial charge in [0.1, 0.15) is 0 Å². The minimum atomic E-state index is 0.576. The smallest absolute Gasteiger partial charge is 0.0211 e. The Kier molecular flexibility index (Phi) is 7.83. The van der Waals surface area contributed by atoms with Crippen LogP contribution in [0.3, 0.4) is 0 Å². The highest BCUT2D eigenvalue weighted by Crippen LogP contribution is 2.18. The van der Waals surface area contributed by atoms with E-state index in [0.29, 0.717) is 6.04 Å². The second-order valence-electron chi connectivity index (χ2n) is 7.51. The SMILES string of the molecule is CCNCc1cccc(C)c1.c1ccc(CC2Cc3ccccc3CN2)cc1. The van der Waals surface area contributed by atoms with Crippen LogP contribution in [0.5, 0.6) is 0 Å². The number of rotatable bonds is 5. The van der Waals surface area contributed by atoms with Gasteiger partial charge in [-0.15, -0.1) is 0 Å². The fourth-order valence-electron chi connectivity index (χ4n) is 3.66. The molecule has 1 heterocycles. The molecule has 1 unspecified atom stereocenters.